The molecule has 17 nitrogen and oxygen atoms in total. The van der Waals surface area contributed by atoms with E-state index in [-0.39, 0.29) is 59.5 Å². The summed E-state index contributed by atoms with van der Waals surface area (Å²) in [5, 5.41) is 9.91. The highest BCUT2D eigenvalue weighted by molar-refractivity contribution is 6.25. The molecule has 1 atom stereocenters. The average molecular weight is 836 g/mol. The van der Waals surface area contributed by atoms with E-state index >= 15 is 0 Å². The van der Waals surface area contributed by atoms with E-state index in [2.05, 4.69) is 32.9 Å². The largest absolute Gasteiger partial charge is 0.496 e. The fraction of sp³-hybridized carbons (Fsp3) is 0.432. The zero-order valence-electron chi connectivity index (χ0n) is 34.6. The molecule has 2 aromatic carbocycles. The van der Waals surface area contributed by atoms with Crippen LogP contribution in [0, 0.1) is 0 Å². The first kappa shape index (κ1) is 41.6. The van der Waals surface area contributed by atoms with E-state index in [1.165, 1.54) is 0 Å². The number of aryl methyl sites for hydroxylation is 1. The van der Waals surface area contributed by atoms with Crippen LogP contribution >= 0.6 is 0 Å². The second kappa shape index (κ2) is 16.7. The summed E-state index contributed by atoms with van der Waals surface area (Å²) >= 11 is 0. The van der Waals surface area contributed by atoms with Crippen molar-refractivity contribution in [3.05, 3.63) is 82.0 Å². The number of hydrogen-bond acceptors (Lipinski definition) is 13. The molecule has 3 aliphatic carbocycles. The van der Waals surface area contributed by atoms with Gasteiger partial charge in [-0.1, -0.05) is 6.07 Å². The molecule has 1 unspecified atom stereocenters. The Kier molecular flexibility index (Phi) is 11.4. The van der Waals surface area contributed by atoms with E-state index in [9.17, 15) is 28.8 Å². The van der Waals surface area contributed by atoms with Gasteiger partial charge in [0.1, 0.15) is 17.5 Å². The van der Waals surface area contributed by atoms with Crippen molar-refractivity contribution in [3.8, 4) is 22.6 Å². The lowest BCUT2D eigenvalue weighted by Gasteiger charge is -2.73. The number of amides is 5. The van der Waals surface area contributed by atoms with Crippen molar-refractivity contribution < 1.29 is 42.9 Å². The zero-order chi connectivity index (χ0) is 43.1. The highest BCUT2D eigenvalue weighted by Gasteiger charge is 2.70. The van der Waals surface area contributed by atoms with Gasteiger partial charge in [0.15, 0.2) is 0 Å². The van der Waals surface area contributed by atoms with Gasteiger partial charge in [-0.15, -0.1) is 0 Å². The van der Waals surface area contributed by atoms with Crippen LogP contribution < -0.4 is 31.0 Å². The standard InChI is InChI=1S/C44H49N7O10/c1-49-21-30(27-10-12-45-20-29(27)40(49)55)26-18-34(58-3)31(35(19-26)59-4)22-50(2)44-23-43(24-44,25-44)48-37(53)11-14-60-16-17-61-15-13-46-32-7-5-6-28-38(32)42(57)51(41(28)56)33-8-9-36(52)47-39(33)54/h5-7,10,12,18-21,33,46H,8-9,11,13-17,22-25H2,1-4H3,(H,48,53)(H,47,52,54). The number of benzene rings is 2. The van der Waals surface area contributed by atoms with Gasteiger partial charge < -0.3 is 34.1 Å². The third kappa shape index (κ3) is 7.72. The van der Waals surface area contributed by atoms with Gasteiger partial charge in [0.2, 0.25) is 17.7 Å². The van der Waals surface area contributed by atoms with Crippen molar-refractivity contribution in [3.63, 3.8) is 0 Å². The van der Waals surface area contributed by atoms with E-state index in [0.717, 1.165) is 46.2 Å². The van der Waals surface area contributed by atoms with Crippen LogP contribution in [-0.2, 0) is 37.4 Å². The Morgan fingerprint density at radius 1 is 0.934 bits per heavy atom. The molecule has 1 saturated heterocycles. The highest BCUT2D eigenvalue weighted by Crippen LogP contribution is 2.63. The number of rotatable bonds is 18. The quantitative estimate of drug-likeness (QED) is 0.0978. The van der Waals surface area contributed by atoms with Gasteiger partial charge in [0.05, 0.1) is 62.7 Å². The highest BCUT2D eigenvalue weighted by atomic mass is 16.5. The first-order valence-electron chi connectivity index (χ1n) is 20.3. The van der Waals surface area contributed by atoms with E-state index in [0.29, 0.717) is 55.5 Å². The minimum atomic E-state index is -1.03. The summed E-state index contributed by atoms with van der Waals surface area (Å²) in [6, 6.07) is 9.66. The predicted molar refractivity (Wildman–Crippen MR) is 222 cm³/mol. The van der Waals surface area contributed by atoms with Gasteiger partial charge in [-0.3, -0.25) is 48.9 Å². The Hall–Kier alpha value is -6.17. The Balaban J connectivity index is 0.748. The van der Waals surface area contributed by atoms with Crippen LogP contribution in [0.4, 0.5) is 5.69 Å². The topological polar surface area (TPSA) is 200 Å². The molecule has 3 saturated carbocycles. The van der Waals surface area contributed by atoms with Crippen LogP contribution in [0.1, 0.15) is 64.8 Å². The number of carbonyl (C=O) groups is 5. The molecule has 0 spiro atoms. The normalized spacial score (nSPS) is 21.5. The average Bonchev–Trinajstić information content (AvgIpc) is 3.48. The molecule has 5 aliphatic rings. The first-order chi connectivity index (χ1) is 29.4. The fourth-order valence-corrected chi connectivity index (χ4v) is 9.28. The summed E-state index contributed by atoms with van der Waals surface area (Å²) in [7, 11) is 7.10. The van der Waals surface area contributed by atoms with E-state index < -0.39 is 29.7 Å². The molecule has 2 aliphatic heterocycles. The summed E-state index contributed by atoms with van der Waals surface area (Å²) in [5.41, 5.74) is 3.13. The molecule has 3 N–H and O–H groups in total. The Labute approximate surface area is 351 Å². The van der Waals surface area contributed by atoms with Crippen LogP contribution in [0.15, 0.2) is 59.8 Å². The lowest BCUT2D eigenvalue weighted by Crippen LogP contribution is -2.83. The molecule has 2 aromatic heterocycles. The van der Waals surface area contributed by atoms with Gasteiger partial charge in [-0.2, -0.15) is 0 Å². The number of piperidine rings is 1. The van der Waals surface area contributed by atoms with Crippen LogP contribution in [-0.4, -0.2) is 120 Å². The van der Waals surface area contributed by atoms with Crippen molar-refractivity contribution in [2.45, 2.75) is 62.2 Å². The minimum absolute atomic E-state index is 0.0325. The van der Waals surface area contributed by atoms with Crippen molar-refractivity contribution in [1.82, 2.24) is 30.0 Å². The lowest BCUT2D eigenvalue weighted by atomic mass is 9.43. The smallest absolute Gasteiger partial charge is 0.264 e. The first-order valence-corrected chi connectivity index (χ1v) is 20.3. The maximum atomic E-state index is 13.3. The summed E-state index contributed by atoms with van der Waals surface area (Å²) < 4.78 is 24.7. The van der Waals surface area contributed by atoms with Gasteiger partial charge >= 0.3 is 0 Å². The minimum Gasteiger partial charge on any atom is -0.496 e. The van der Waals surface area contributed by atoms with Crippen LogP contribution in [0.2, 0.25) is 0 Å². The molecule has 4 heterocycles. The van der Waals surface area contributed by atoms with Gasteiger partial charge in [0.25, 0.3) is 17.4 Å². The maximum Gasteiger partial charge on any atom is 0.264 e. The number of anilines is 1. The number of carbonyl (C=O) groups excluding carboxylic acids is 5. The second-order valence-corrected chi connectivity index (χ2v) is 16.3. The maximum absolute atomic E-state index is 13.3. The predicted octanol–water partition coefficient (Wildman–Crippen LogP) is 2.78. The third-order valence-corrected chi connectivity index (χ3v) is 12.4. The van der Waals surface area contributed by atoms with Crippen molar-refractivity contribution in [2.24, 2.45) is 7.05 Å². The van der Waals surface area contributed by atoms with Gasteiger partial charge in [0, 0.05) is 73.9 Å². The van der Waals surface area contributed by atoms with E-state index in [4.69, 9.17) is 18.9 Å². The van der Waals surface area contributed by atoms with Crippen molar-refractivity contribution in [2.75, 3.05) is 59.6 Å². The van der Waals surface area contributed by atoms with Gasteiger partial charge in [-0.25, -0.2) is 0 Å². The van der Waals surface area contributed by atoms with Gasteiger partial charge in [-0.05, 0) is 74.0 Å². The van der Waals surface area contributed by atoms with Crippen molar-refractivity contribution >= 4 is 46.0 Å². The van der Waals surface area contributed by atoms with E-state index in [1.807, 2.05) is 24.4 Å². The number of pyridine rings is 2. The molecule has 61 heavy (non-hydrogen) atoms. The Morgan fingerprint density at radius 2 is 1.66 bits per heavy atom. The molecule has 5 amide bonds. The number of methoxy groups -OCH3 is 2. The molecule has 4 aromatic rings. The number of hydrogen-bond donors (Lipinski definition) is 3. The molecular formula is C44H49N7O10. The summed E-state index contributed by atoms with van der Waals surface area (Å²) in [5.74, 6) is -0.914. The summed E-state index contributed by atoms with van der Waals surface area (Å²) in [6.45, 7) is 2.08. The number of fused-ring (bicyclic) bond motifs is 2. The summed E-state index contributed by atoms with van der Waals surface area (Å²) in [6.07, 6.45) is 8.00. The zero-order valence-corrected chi connectivity index (χ0v) is 34.6. The molecule has 4 fully saturated rings. The number of nitrogens with zero attached hydrogens (tertiary/aromatic N) is 4. The van der Waals surface area contributed by atoms with Crippen LogP contribution in [0.25, 0.3) is 21.9 Å². The Bertz CT molecular complexity index is 2460. The molecule has 320 valence electrons. The van der Waals surface area contributed by atoms with E-state index in [1.54, 1.807) is 56.4 Å². The number of aromatic nitrogens is 2. The third-order valence-electron chi connectivity index (χ3n) is 12.4. The second-order valence-electron chi connectivity index (χ2n) is 16.3. The number of imide groups is 2. The molecule has 9 rings (SSSR count). The number of nitrogens with one attached hydrogen (secondary N) is 3. The molecule has 2 bridgehead atoms. The SMILES string of the molecule is COc1cc(-c2cn(C)c(=O)c3cnccc23)cc(OC)c1CN(C)C12CC(NC(=O)CCOCCOCCNc3cccc4c3C(=O)N(C3CCC(=O)NC3=O)C4=O)(C1)C2. The number of ether oxygens (including phenoxy) is 4. The van der Waals surface area contributed by atoms with Crippen LogP contribution in [0.5, 0.6) is 11.5 Å². The lowest BCUT2D eigenvalue weighted by molar-refractivity contribution is -0.179. The monoisotopic (exact) mass is 835 g/mol. The van der Waals surface area contributed by atoms with Crippen LogP contribution in [0.3, 0.4) is 0 Å². The van der Waals surface area contributed by atoms with Crippen molar-refractivity contribution in [1.29, 1.82) is 0 Å². The summed E-state index contributed by atoms with van der Waals surface area (Å²) in [4.78, 5) is 83.3. The molecular weight excluding hydrogens is 787 g/mol. The Morgan fingerprint density at radius 3 is 2.36 bits per heavy atom. The molecule has 0 radical (unpaired) electrons. The fourth-order valence-electron chi connectivity index (χ4n) is 9.28. The molecule has 17 heteroatoms.